The van der Waals surface area contributed by atoms with Crippen LogP contribution in [0.4, 0.5) is 0 Å². The standard InChI is InChI=1S/C20H20O5/c1-20(2)10-9-17(21)15-11-13(5-8-16(15)20)19(24)25-14-6-3-12(4-7-14)18(22)23/h3-8,11,17,21H,9-10H2,1-2H3,(H,22,23). The van der Waals surface area contributed by atoms with Crippen molar-refractivity contribution in [2.75, 3.05) is 0 Å². The number of hydrogen-bond acceptors (Lipinski definition) is 4. The number of carboxylic acid groups (broad SMARTS) is 1. The molecule has 2 N–H and O–H groups in total. The number of carboxylic acids is 1. The normalized spacial score (nSPS) is 18.3. The molecule has 130 valence electrons. The van der Waals surface area contributed by atoms with Gasteiger partial charge in [0.2, 0.25) is 0 Å². The molecule has 1 aliphatic carbocycles. The summed E-state index contributed by atoms with van der Waals surface area (Å²) in [5.74, 6) is -1.31. The van der Waals surface area contributed by atoms with Crippen molar-refractivity contribution in [3.05, 3.63) is 64.7 Å². The van der Waals surface area contributed by atoms with Gasteiger partial charge in [-0.05, 0) is 65.8 Å². The van der Waals surface area contributed by atoms with Crippen LogP contribution < -0.4 is 4.74 Å². The molecule has 0 spiro atoms. The molecule has 2 aromatic rings. The molecular weight excluding hydrogens is 320 g/mol. The van der Waals surface area contributed by atoms with Crippen molar-refractivity contribution >= 4 is 11.9 Å². The molecule has 0 amide bonds. The predicted octanol–water partition coefficient (Wildman–Crippen LogP) is 3.71. The number of hydrogen-bond donors (Lipinski definition) is 2. The van der Waals surface area contributed by atoms with Gasteiger partial charge in [-0.2, -0.15) is 0 Å². The van der Waals surface area contributed by atoms with Crippen molar-refractivity contribution in [3.8, 4) is 5.75 Å². The number of carbonyl (C=O) groups excluding carboxylic acids is 1. The molecule has 25 heavy (non-hydrogen) atoms. The van der Waals surface area contributed by atoms with Crippen molar-refractivity contribution in [2.45, 2.75) is 38.2 Å². The number of aliphatic hydroxyl groups is 1. The largest absolute Gasteiger partial charge is 0.478 e. The van der Waals surface area contributed by atoms with Crippen LogP contribution in [0.5, 0.6) is 5.75 Å². The Morgan fingerprint density at radius 2 is 1.72 bits per heavy atom. The van der Waals surface area contributed by atoms with Crippen LogP contribution in [-0.2, 0) is 5.41 Å². The minimum absolute atomic E-state index is 0.0380. The number of ether oxygens (including phenoxy) is 1. The first-order valence-corrected chi connectivity index (χ1v) is 8.16. The Kier molecular flexibility index (Phi) is 4.35. The molecule has 0 fully saturated rings. The summed E-state index contributed by atoms with van der Waals surface area (Å²) >= 11 is 0. The summed E-state index contributed by atoms with van der Waals surface area (Å²) < 4.78 is 5.30. The highest BCUT2D eigenvalue weighted by atomic mass is 16.5. The fourth-order valence-electron chi connectivity index (χ4n) is 3.20. The minimum atomic E-state index is -1.04. The second kappa shape index (κ2) is 6.33. The number of aromatic carboxylic acids is 1. The first kappa shape index (κ1) is 17.2. The highest BCUT2D eigenvalue weighted by molar-refractivity contribution is 5.92. The molecule has 0 radical (unpaired) electrons. The summed E-state index contributed by atoms with van der Waals surface area (Å²) in [6, 6.07) is 10.9. The third kappa shape index (κ3) is 3.42. The van der Waals surface area contributed by atoms with Crippen LogP contribution in [0.2, 0.25) is 0 Å². The minimum Gasteiger partial charge on any atom is -0.478 e. The Morgan fingerprint density at radius 1 is 1.08 bits per heavy atom. The summed E-state index contributed by atoms with van der Waals surface area (Å²) in [7, 11) is 0. The van der Waals surface area contributed by atoms with Gasteiger partial charge in [-0.25, -0.2) is 9.59 Å². The lowest BCUT2D eigenvalue weighted by Crippen LogP contribution is -2.26. The molecule has 5 nitrogen and oxygen atoms in total. The fourth-order valence-corrected chi connectivity index (χ4v) is 3.20. The Hall–Kier alpha value is -2.66. The fraction of sp³-hybridized carbons (Fsp3) is 0.300. The van der Waals surface area contributed by atoms with Gasteiger partial charge in [0.1, 0.15) is 5.75 Å². The highest BCUT2D eigenvalue weighted by Gasteiger charge is 2.32. The van der Waals surface area contributed by atoms with Crippen molar-refractivity contribution in [1.29, 1.82) is 0 Å². The maximum Gasteiger partial charge on any atom is 0.343 e. The van der Waals surface area contributed by atoms with Crippen molar-refractivity contribution in [2.24, 2.45) is 0 Å². The number of fused-ring (bicyclic) bond motifs is 1. The van der Waals surface area contributed by atoms with Gasteiger partial charge < -0.3 is 14.9 Å². The van der Waals surface area contributed by atoms with Crippen molar-refractivity contribution in [3.63, 3.8) is 0 Å². The van der Waals surface area contributed by atoms with Crippen LogP contribution in [0.1, 0.15) is 64.6 Å². The molecule has 0 heterocycles. The predicted molar refractivity (Wildman–Crippen MR) is 92.0 cm³/mol. The number of aliphatic hydroxyl groups excluding tert-OH is 1. The summed E-state index contributed by atoms with van der Waals surface area (Å²) in [4.78, 5) is 23.2. The Bertz CT molecular complexity index is 820. The molecule has 0 aliphatic heterocycles. The van der Waals surface area contributed by atoms with Crippen molar-refractivity contribution < 1.29 is 24.5 Å². The lowest BCUT2D eigenvalue weighted by Gasteiger charge is -2.35. The second-order valence-corrected chi connectivity index (χ2v) is 6.96. The van der Waals surface area contributed by atoms with E-state index in [1.54, 1.807) is 12.1 Å². The Labute approximate surface area is 145 Å². The van der Waals surface area contributed by atoms with E-state index in [-0.39, 0.29) is 16.7 Å². The maximum absolute atomic E-state index is 12.4. The van der Waals surface area contributed by atoms with Gasteiger partial charge in [0.15, 0.2) is 0 Å². The third-order valence-corrected chi connectivity index (χ3v) is 4.73. The quantitative estimate of drug-likeness (QED) is 0.657. The highest BCUT2D eigenvalue weighted by Crippen LogP contribution is 2.41. The van der Waals surface area contributed by atoms with Crippen LogP contribution in [0.15, 0.2) is 42.5 Å². The topological polar surface area (TPSA) is 83.8 Å². The van der Waals surface area contributed by atoms with E-state index < -0.39 is 18.0 Å². The van der Waals surface area contributed by atoms with Crippen molar-refractivity contribution in [1.82, 2.24) is 0 Å². The molecule has 0 bridgehead atoms. The summed E-state index contributed by atoms with van der Waals surface area (Å²) in [6.07, 6.45) is 0.973. The van der Waals surface area contributed by atoms with E-state index in [9.17, 15) is 14.7 Å². The maximum atomic E-state index is 12.4. The monoisotopic (exact) mass is 340 g/mol. The lowest BCUT2D eigenvalue weighted by atomic mass is 9.71. The van der Waals surface area contributed by atoms with Crippen LogP contribution in [-0.4, -0.2) is 22.2 Å². The van der Waals surface area contributed by atoms with E-state index >= 15 is 0 Å². The van der Waals surface area contributed by atoms with Gasteiger partial charge in [-0.3, -0.25) is 0 Å². The SMILES string of the molecule is CC1(C)CCC(O)c2cc(C(=O)Oc3ccc(C(=O)O)cc3)ccc21. The molecular formula is C20H20O5. The van der Waals surface area contributed by atoms with Gasteiger partial charge in [0.05, 0.1) is 17.2 Å². The Balaban J connectivity index is 1.83. The van der Waals surface area contributed by atoms with Gasteiger partial charge in [0.25, 0.3) is 0 Å². The van der Waals surface area contributed by atoms with E-state index in [0.29, 0.717) is 12.0 Å². The molecule has 0 aromatic heterocycles. The van der Waals surface area contributed by atoms with Crippen LogP contribution in [0, 0.1) is 0 Å². The average molecular weight is 340 g/mol. The van der Waals surface area contributed by atoms with E-state index in [4.69, 9.17) is 9.84 Å². The van der Waals surface area contributed by atoms with Gasteiger partial charge in [-0.15, -0.1) is 0 Å². The number of benzene rings is 2. The van der Waals surface area contributed by atoms with Crippen LogP contribution in [0.3, 0.4) is 0 Å². The van der Waals surface area contributed by atoms with E-state index in [2.05, 4.69) is 13.8 Å². The molecule has 5 heteroatoms. The smallest absolute Gasteiger partial charge is 0.343 e. The average Bonchev–Trinajstić information content (AvgIpc) is 2.58. The molecule has 0 saturated heterocycles. The first-order chi connectivity index (χ1) is 11.8. The number of rotatable bonds is 3. The molecule has 1 unspecified atom stereocenters. The molecule has 1 aliphatic rings. The summed E-state index contributed by atoms with van der Waals surface area (Å²) in [5.41, 5.74) is 2.27. The van der Waals surface area contributed by atoms with Gasteiger partial charge >= 0.3 is 11.9 Å². The third-order valence-electron chi connectivity index (χ3n) is 4.73. The number of esters is 1. The first-order valence-electron chi connectivity index (χ1n) is 8.16. The molecule has 1 atom stereocenters. The molecule has 0 saturated carbocycles. The molecule has 3 rings (SSSR count). The second-order valence-electron chi connectivity index (χ2n) is 6.96. The Morgan fingerprint density at radius 3 is 2.36 bits per heavy atom. The summed E-state index contributed by atoms with van der Waals surface area (Å²) in [5, 5.41) is 19.1. The van der Waals surface area contributed by atoms with Gasteiger partial charge in [0, 0.05) is 0 Å². The number of carbonyl (C=O) groups is 2. The zero-order valence-electron chi connectivity index (χ0n) is 14.2. The van der Waals surface area contributed by atoms with E-state index in [1.807, 2.05) is 6.07 Å². The van der Waals surface area contributed by atoms with Crippen LogP contribution >= 0.6 is 0 Å². The van der Waals surface area contributed by atoms with Crippen LogP contribution in [0.25, 0.3) is 0 Å². The van der Waals surface area contributed by atoms with E-state index in [0.717, 1.165) is 17.5 Å². The van der Waals surface area contributed by atoms with E-state index in [1.165, 1.54) is 24.3 Å². The lowest BCUT2D eigenvalue weighted by molar-refractivity contribution is 0.0696. The summed E-state index contributed by atoms with van der Waals surface area (Å²) in [6.45, 7) is 4.25. The zero-order valence-corrected chi connectivity index (χ0v) is 14.2. The van der Waals surface area contributed by atoms with Gasteiger partial charge in [-0.1, -0.05) is 19.9 Å². The molecule has 2 aromatic carbocycles. The zero-order chi connectivity index (χ0) is 18.2.